The Morgan fingerprint density at radius 2 is 1.69 bits per heavy atom. The number of unbranched alkanes of at least 4 members (excludes halogenated alkanes) is 2. The molecule has 0 aliphatic rings. The maximum Gasteiger partial charge on any atom is 0.394 e. The van der Waals surface area contributed by atoms with E-state index in [-0.39, 0.29) is 29.2 Å². The zero-order valence-corrected chi connectivity index (χ0v) is 19.0. The van der Waals surface area contributed by atoms with Gasteiger partial charge in [0.2, 0.25) is 0 Å². The van der Waals surface area contributed by atoms with Gasteiger partial charge < -0.3 is 25.0 Å². The summed E-state index contributed by atoms with van der Waals surface area (Å²) in [4.78, 5) is 33.4. The van der Waals surface area contributed by atoms with E-state index in [2.05, 4.69) is 5.32 Å². The first-order chi connectivity index (χ1) is 16.5. The zero-order chi connectivity index (χ0) is 26.0. The van der Waals surface area contributed by atoms with Gasteiger partial charge in [-0.1, -0.05) is 6.07 Å². The highest BCUT2D eigenvalue weighted by Crippen LogP contribution is 2.35. The van der Waals surface area contributed by atoms with Gasteiger partial charge in [0.15, 0.2) is 5.78 Å². The Morgan fingerprint density at radius 1 is 1.00 bits per heavy atom. The minimum absolute atomic E-state index is 0.0479. The lowest BCUT2D eigenvalue weighted by molar-refractivity contribution is -0.147. The summed E-state index contributed by atoms with van der Waals surface area (Å²) in [6.07, 6.45) is -4.22. The number of carbonyl (C=O) groups is 3. The Bertz CT molecular complexity index is 1050. The van der Waals surface area contributed by atoms with Gasteiger partial charge in [0.05, 0.1) is 18.8 Å². The van der Waals surface area contributed by atoms with Gasteiger partial charge in [-0.2, -0.15) is 13.2 Å². The van der Waals surface area contributed by atoms with Crippen molar-refractivity contribution in [3.63, 3.8) is 0 Å². The molecule has 0 aliphatic heterocycles. The number of amides is 1. The van der Waals surface area contributed by atoms with Crippen LogP contribution in [-0.2, 0) is 16.0 Å². The number of benzene rings is 2. The van der Waals surface area contributed by atoms with E-state index in [4.69, 9.17) is 14.6 Å². The Labute approximate surface area is 199 Å². The van der Waals surface area contributed by atoms with Gasteiger partial charge in [-0.15, -0.1) is 0 Å². The van der Waals surface area contributed by atoms with Gasteiger partial charge in [0, 0.05) is 23.7 Å². The molecular weight excluding hydrogens is 471 g/mol. The number of aliphatic carboxylic acids is 1. The SMILES string of the molecule is CC(=O)c1ccc(OCCCCCOc2cccc(NC(=O)C(=O)O)c2)c(CCC(F)(F)F)c1O. The third-order valence-electron chi connectivity index (χ3n) is 4.88. The van der Waals surface area contributed by atoms with E-state index in [1.165, 1.54) is 31.2 Å². The lowest BCUT2D eigenvalue weighted by Crippen LogP contribution is -2.21. The monoisotopic (exact) mass is 497 g/mol. The predicted octanol–water partition coefficient (Wildman–Crippen LogP) is 4.74. The van der Waals surface area contributed by atoms with E-state index >= 15 is 0 Å². The van der Waals surface area contributed by atoms with Gasteiger partial charge in [-0.3, -0.25) is 9.59 Å². The topological polar surface area (TPSA) is 122 Å². The van der Waals surface area contributed by atoms with Crippen molar-refractivity contribution >= 4 is 23.3 Å². The number of hydrogen-bond acceptors (Lipinski definition) is 6. The van der Waals surface area contributed by atoms with Gasteiger partial charge in [-0.05, 0) is 56.9 Å². The van der Waals surface area contributed by atoms with E-state index < -0.39 is 42.4 Å². The molecule has 0 spiro atoms. The molecule has 3 N–H and O–H groups in total. The normalized spacial score (nSPS) is 11.1. The van der Waals surface area contributed by atoms with Gasteiger partial charge in [-0.25, -0.2) is 4.79 Å². The van der Waals surface area contributed by atoms with Crippen LogP contribution in [-0.4, -0.2) is 47.3 Å². The summed E-state index contributed by atoms with van der Waals surface area (Å²) in [7, 11) is 0. The number of nitrogens with one attached hydrogen (secondary N) is 1. The van der Waals surface area contributed by atoms with Crippen LogP contribution in [0.2, 0.25) is 0 Å². The lowest BCUT2D eigenvalue weighted by Gasteiger charge is -2.16. The van der Waals surface area contributed by atoms with Crippen LogP contribution in [0, 0.1) is 0 Å². The van der Waals surface area contributed by atoms with Gasteiger partial charge >= 0.3 is 18.1 Å². The molecular formula is C24H26F3NO7. The molecule has 0 aromatic heterocycles. The van der Waals surface area contributed by atoms with E-state index in [1.807, 2.05) is 0 Å². The van der Waals surface area contributed by atoms with E-state index in [1.54, 1.807) is 12.1 Å². The van der Waals surface area contributed by atoms with Crippen LogP contribution in [0.25, 0.3) is 0 Å². The van der Waals surface area contributed by atoms with E-state index in [9.17, 15) is 32.7 Å². The van der Waals surface area contributed by atoms with Crippen molar-refractivity contribution in [2.24, 2.45) is 0 Å². The first-order valence-electron chi connectivity index (χ1n) is 10.8. The van der Waals surface area contributed by atoms with Crippen molar-refractivity contribution in [2.45, 2.75) is 45.2 Å². The first kappa shape index (κ1) is 27.5. The van der Waals surface area contributed by atoms with Crippen molar-refractivity contribution in [2.75, 3.05) is 18.5 Å². The number of Topliss-reactive ketones (excluding diaryl/α,β-unsaturated/α-hetero) is 1. The first-order valence-corrected chi connectivity index (χ1v) is 10.8. The van der Waals surface area contributed by atoms with Crippen LogP contribution in [0.1, 0.15) is 48.5 Å². The molecule has 2 aromatic rings. The molecule has 0 saturated carbocycles. The second kappa shape index (κ2) is 12.6. The molecule has 0 fully saturated rings. The number of rotatable bonds is 12. The van der Waals surface area contributed by atoms with Crippen molar-refractivity contribution < 1.29 is 47.2 Å². The third-order valence-corrected chi connectivity index (χ3v) is 4.88. The van der Waals surface area contributed by atoms with Crippen molar-refractivity contribution in [3.8, 4) is 17.2 Å². The fourth-order valence-electron chi connectivity index (χ4n) is 3.15. The quantitative estimate of drug-likeness (QED) is 0.220. The number of carboxylic acids is 1. The fraction of sp³-hybridized carbons (Fsp3) is 0.375. The summed E-state index contributed by atoms with van der Waals surface area (Å²) in [5, 5.41) is 21.1. The highest BCUT2D eigenvalue weighted by molar-refractivity contribution is 6.36. The molecule has 0 saturated heterocycles. The summed E-state index contributed by atoms with van der Waals surface area (Å²) < 4.78 is 49.2. The number of alkyl halides is 3. The molecule has 35 heavy (non-hydrogen) atoms. The molecule has 2 rings (SSSR count). The van der Waals surface area contributed by atoms with Crippen molar-refractivity contribution in [1.82, 2.24) is 0 Å². The second-order valence-corrected chi connectivity index (χ2v) is 7.65. The van der Waals surface area contributed by atoms with Crippen LogP contribution < -0.4 is 14.8 Å². The van der Waals surface area contributed by atoms with Crippen LogP contribution in [0.5, 0.6) is 17.2 Å². The molecule has 8 nitrogen and oxygen atoms in total. The molecule has 0 heterocycles. The Kier molecular flexibility index (Phi) is 9.92. The Morgan fingerprint density at radius 3 is 2.31 bits per heavy atom. The van der Waals surface area contributed by atoms with Gasteiger partial charge in [0.1, 0.15) is 17.2 Å². The molecule has 0 bridgehead atoms. The summed E-state index contributed by atoms with van der Waals surface area (Å²) in [5.41, 5.74) is 0.176. The number of anilines is 1. The maximum absolute atomic E-state index is 12.7. The summed E-state index contributed by atoms with van der Waals surface area (Å²) in [5.74, 6) is -3.16. The molecule has 0 aliphatic carbocycles. The average Bonchev–Trinajstić information content (AvgIpc) is 2.77. The number of phenols is 1. The smallest absolute Gasteiger partial charge is 0.394 e. The van der Waals surface area contributed by atoms with E-state index in [0.29, 0.717) is 31.6 Å². The van der Waals surface area contributed by atoms with Crippen LogP contribution >= 0.6 is 0 Å². The summed E-state index contributed by atoms with van der Waals surface area (Å²) >= 11 is 0. The number of ether oxygens (including phenoxy) is 2. The minimum atomic E-state index is -4.42. The Balaban J connectivity index is 1.81. The Hall–Kier alpha value is -3.76. The standard InChI is InChI=1S/C24H26F3NO7/c1-15(29)18-8-9-20(19(21(18)30)10-11-24(25,26)27)35-13-4-2-3-12-34-17-7-5-6-16(14-17)28-22(31)23(32)33/h5-9,14,30H,2-4,10-13H2,1H3,(H,28,31)(H,32,33). The summed E-state index contributed by atoms with van der Waals surface area (Å²) in [6.45, 7) is 1.74. The fourth-order valence-corrected chi connectivity index (χ4v) is 3.15. The third kappa shape index (κ3) is 9.19. The molecule has 0 radical (unpaired) electrons. The maximum atomic E-state index is 12.7. The number of phenolic OH excluding ortho intramolecular Hbond substituents is 1. The highest BCUT2D eigenvalue weighted by Gasteiger charge is 2.28. The molecule has 1 amide bonds. The lowest BCUT2D eigenvalue weighted by atomic mass is 10.0. The van der Waals surface area contributed by atoms with Crippen LogP contribution in [0.15, 0.2) is 36.4 Å². The number of ketones is 1. The minimum Gasteiger partial charge on any atom is -0.507 e. The average molecular weight is 497 g/mol. The largest absolute Gasteiger partial charge is 0.507 e. The second-order valence-electron chi connectivity index (χ2n) is 7.65. The number of carbonyl (C=O) groups excluding carboxylic acids is 2. The van der Waals surface area contributed by atoms with Gasteiger partial charge in [0.25, 0.3) is 0 Å². The number of aromatic hydroxyl groups is 1. The number of halogens is 3. The summed E-state index contributed by atoms with van der Waals surface area (Å²) in [6, 6.07) is 8.98. The van der Waals surface area contributed by atoms with Crippen LogP contribution in [0.4, 0.5) is 18.9 Å². The van der Waals surface area contributed by atoms with E-state index in [0.717, 1.165) is 0 Å². The van der Waals surface area contributed by atoms with Crippen LogP contribution in [0.3, 0.4) is 0 Å². The molecule has 190 valence electrons. The van der Waals surface area contributed by atoms with Crippen molar-refractivity contribution in [1.29, 1.82) is 0 Å². The van der Waals surface area contributed by atoms with Crippen molar-refractivity contribution in [3.05, 3.63) is 47.5 Å². The number of hydrogen-bond donors (Lipinski definition) is 3. The molecule has 0 unspecified atom stereocenters. The predicted molar refractivity (Wildman–Crippen MR) is 120 cm³/mol. The zero-order valence-electron chi connectivity index (χ0n) is 19.0. The molecule has 0 atom stereocenters. The number of carboxylic acid groups (broad SMARTS) is 1. The molecule has 2 aromatic carbocycles. The highest BCUT2D eigenvalue weighted by atomic mass is 19.4. The molecule has 11 heteroatoms.